The second-order valence-corrected chi connectivity index (χ2v) is 8.05. The van der Waals surface area contributed by atoms with Gasteiger partial charge in [-0.1, -0.05) is 5.16 Å². The molecule has 2 aromatic rings. The number of likely N-dealkylation sites (tertiary alicyclic amines) is 1. The molecule has 2 aliphatic rings. The number of hydrogen-bond donors (Lipinski definition) is 0. The fourth-order valence-electron chi connectivity index (χ4n) is 3.79. The minimum absolute atomic E-state index is 0.237. The second-order valence-electron chi connectivity index (χ2n) is 7.27. The van der Waals surface area contributed by atoms with Gasteiger partial charge in [0.1, 0.15) is 0 Å². The molecule has 1 amide bonds. The third-order valence-corrected chi connectivity index (χ3v) is 6.17. The number of carbonyl (C=O) groups is 1. The van der Waals surface area contributed by atoms with E-state index in [0.717, 1.165) is 75.7 Å². The van der Waals surface area contributed by atoms with Crippen molar-refractivity contribution in [1.29, 1.82) is 0 Å². The lowest BCUT2D eigenvalue weighted by molar-refractivity contribution is -0.131. The van der Waals surface area contributed by atoms with Gasteiger partial charge >= 0.3 is 0 Å². The van der Waals surface area contributed by atoms with Crippen LogP contribution >= 0.6 is 11.3 Å². The van der Waals surface area contributed by atoms with Gasteiger partial charge < -0.3 is 14.2 Å². The minimum Gasteiger partial charge on any atom is -0.381 e. The van der Waals surface area contributed by atoms with E-state index in [0.29, 0.717) is 18.3 Å². The van der Waals surface area contributed by atoms with Gasteiger partial charge in [0.05, 0.1) is 6.42 Å². The summed E-state index contributed by atoms with van der Waals surface area (Å²) in [5.41, 5.74) is 1.12. The van der Waals surface area contributed by atoms with E-state index in [-0.39, 0.29) is 5.91 Å². The van der Waals surface area contributed by atoms with E-state index in [4.69, 9.17) is 9.26 Å². The maximum atomic E-state index is 12.4. The minimum atomic E-state index is 0.237. The molecular weight excluding hydrogens is 350 g/mol. The Kier molecular flexibility index (Phi) is 5.65. The average Bonchev–Trinajstić information content (AvgIpc) is 3.35. The highest BCUT2D eigenvalue weighted by molar-refractivity contribution is 7.08. The number of nitrogens with zero attached hydrogens (tertiary/aromatic N) is 3. The van der Waals surface area contributed by atoms with Gasteiger partial charge in [0, 0.05) is 38.6 Å². The molecule has 2 saturated heterocycles. The number of carbonyl (C=O) groups excluding carboxylic acids is 1. The first-order valence-electron chi connectivity index (χ1n) is 9.47. The van der Waals surface area contributed by atoms with Crippen LogP contribution in [0.25, 0.3) is 0 Å². The van der Waals surface area contributed by atoms with Crippen LogP contribution in [0.3, 0.4) is 0 Å². The van der Waals surface area contributed by atoms with Gasteiger partial charge in [-0.2, -0.15) is 16.3 Å². The molecule has 0 atom stereocenters. The highest BCUT2D eigenvalue weighted by Crippen LogP contribution is 2.26. The summed E-state index contributed by atoms with van der Waals surface area (Å²) in [6, 6.07) is 2.03. The van der Waals surface area contributed by atoms with Crippen molar-refractivity contribution in [2.24, 2.45) is 5.92 Å². The number of thiophene rings is 1. The Morgan fingerprint density at radius 2 is 2.04 bits per heavy atom. The van der Waals surface area contributed by atoms with Gasteiger partial charge in [0.2, 0.25) is 11.8 Å². The van der Waals surface area contributed by atoms with Crippen LogP contribution in [0.1, 0.15) is 48.9 Å². The van der Waals surface area contributed by atoms with Gasteiger partial charge in [-0.15, -0.1) is 0 Å². The van der Waals surface area contributed by atoms with Crippen LogP contribution in [0.2, 0.25) is 0 Å². The second kappa shape index (κ2) is 8.31. The predicted octanol–water partition coefficient (Wildman–Crippen LogP) is 3.05. The zero-order valence-corrected chi connectivity index (χ0v) is 15.7. The number of rotatable bonds is 5. The Bertz CT molecular complexity index is 701. The molecule has 0 spiro atoms. The standard InChI is InChI=1S/C19H25N3O3S/c23-18(12-15-5-10-26-13-15)22-6-1-14(2-7-22)11-17-20-19(21-25-17)16-3-8-24-9-4-16/h5,10,13-14,16H,1-4,6-9,11-12H2. The molecule has 2 aromatic heterocycles. The summed E-state index contributed by atoms with van der Waals surface area (Å²) in [6.45, 7) is 3.22. The third kappa shape index (κ3) is 4.32. The van der Waals surface area contributed by atoms with Crippen LogP contribution in [-0.4, -0.2) is 47.3 Å². The monoisotopic (exact) mass is 375 g/mol. The van der Waals surface area contributed by atoms with E-state index in [9.17, 15) is 4.79 Å². The molecule has 0 bridgehead atoms. The zero-order valence-electron chi connectivity index (χ0n) is 14.9. The van der Waals surface area contributed by atoms with E-state index >= 15 is 0 Å². The average molecular weight is 375 g/mol. The van der Waals surface area contributed by atoms with Crippen molar-refractivity contribution in [3.8, 4) is 0 Å². The first kappa shape index (κ1) is 17.7. The van der Waals surface area contributed by atoms with E-state index in [1.807, 2.05) is 16.3 Å². The summed E-state index contributed by atoms with van der Waals surface area (Å²) in [4.78, 5) is 19.0. The molecule has 2 fully saturated rings. The summed E-state index contributed by atoms with van der Waals surface area (Å²) < 4.78 is 10.9. The molecule has 6 nitrogen and oxygen atoms in total. The van der Waals surface area contributed by atoms with Gasteiger partial charge in [-0.3, -0.25) is 4.79 Å². The molecule has 0 N–H and O–H groups in total. The lowest BCUT2D eigenvalue weighted by Crippen LogP contribution is -2.39. The van der Waals surface area contributed by atoms with E-state index in [1.165, 1.54) is 0 Å². The number of aromatic nitrogens is 2. The molecule has 0 unspecified atom stereocenters. The molecule has 140 valence electrons. The first-order chi connectivity index (χ1) is 12.8. The molecule has 0 aromatic carbocycles. The largest absolute Gasteiger partial charge is 0.381 e. The molecule has 0 radical (unpaired) electrons. The molecule has 0 aliphatic carbocycles. The third-order valence-electron chi connectivity index (χ3n) is 5.44. The Morgan fingerprint density at radius 3 is 2.77 bits per heavy atom. The SMILES string of the molecule is O=C(Cc1ccsc1)N1CCC(Cc2nc(C3CCOCC3)no2)CC1. The fourth-order valence-corrected chi connectivity index (χ4v) is 4.45. The first-order valence-corrected chi connectivity index (χ1v) is 10.4. The topological polar surface area (TPSA) is 68.5 Å². The summed E-state index contributed by atoms with van der Waals surface area (Å²) in [5, 5.41) is 8.26. The maximum Gasteiger partial charge on any atom is 0.227 e. The Balaban J connectivity index is 1.25. The maximum absolute atomic E-state index is 12.4. The predicted molar refractivity (Wildman–Crippen MR) is 98.1 cm³/mol. The summed E-state index contributed by atoms with van der Waals surface area (Å²) in [5.74, 6) is 2.71. The summed E-state index contributed by atoms with van der Waals surface area (Å²) in [7, 11) is 0. The molecule has 0 saturated carbocycles. The summed E-state index contributed by atoms with van der Waals surface area (Å²) in [6.07, 6.45) is 5.30. The van der Waals surface area contributed by atoms with E-state index in [2.05, 4.69) is 15.5 Å². The number of hydrogen-bond acceptors (Lipinski definition) is 6. The quantitative estimate of drug-likeness (QED) is 0.803. The van der Waals surface area contributed by atoms with Gasteiger partial charge in [-0.05, 0) is 54.0 Å². The van der Waals surface area contributed by atoms with Crippen molar-refractivity contribution >= 4 is 17.2 Å². The summed E-state index contributed by atoms with van der Waals surface area (Å²) >= 11 is 1.64. The van der Waals surface area contributed by atoms with Crippen LogP contribution in [-0.2, 0) is 22.4 Å². The van der Waals surface area contributed by atoms with Crippen molar-refractivity contribution in [2.45, 2.75) is 44.4 Å². The van der Waals surface area contributed by atoms with E-state index < -0.39 is 0 Å². The Morgan fingerprint density at radius 1 is 1.23 bits per heavy atom. The Labute approximate surface area is 157 Å². The molecule has 7 heteroatoms. The number of amides is 1. The van der Waals surface area contributed by atoms with Gasteiger partial charge in [0.15, 0.2) is 5.82 Å². The Hall–Kier alpha value is -1.73. The van der Waals surface area contributed by atoms with Crippen LogP contribution in [0.4, 0.5) is 0 Å². The van der Waals surface area contributed by atoms with Crippen LogP contribution < -0.4 is 0 Å². The lowest BCUT2D eigenvalue weighted by atomic mass is 9.93. The molecular formula is C19H25N3O3S. The van der Waals surface area contributed by atoms with Crippen molar-refractivity contribution in [2.75, 3.05) is 26.3 Å². The van der Waals surface area contributed by atoms with Crippen molar-refractivity contribution in [1.82, 2.24) is 15.0 Å². The number of piperidine rings is 1. The molecule has 2 aliphatic heterocycles. The van der Waals surface area contributed by atoms with E-state index in [1.54, 1.807) is 11.3 Å². The van der Waals surface area contributed by atoms with Crippen LogP contribution in [0, 0.1) is 5.92 Å². The van der Waals surface area contributed by atoms with Gasteiger partial charge in [-0.25, -0.2) is 0 Å². The normalized spacial score (nSPS) is 19.8. The van der Waals surface area contributed by atoms with Gasteiger partial charge in [0.25, 0.3) is 0 Å². The van der Waals surface area contributed by atoms with Crippen LogP contribution in [0.15, 0.2) is 21.3 Å². The van der Waals surface area contributed by atoms with Crippen molar-refractivity contribution in [3.63, 3.8) is 0 Å². The highest BCUT2D eigenvalue weighted by atomic mass is 32.1. The van der Waals surface area contributed by atoms with Crippen molar-refractivity contribution in [3.05, 3.63) is 34.1 Å². The number of ether oxygens (including phenoxy) is 1. The van der Waals surface area contributed by atoms with Crippen molar-refractivity contribution < 1.29 is 14.1 Å². The zero-order chi connectivity index (χ0) is 17.8. The highest BCUT2D eigenvalue weighted by Gasteiger charge is 2.26. The fraction of sp³-hybridized carbons (Fsp3) is 0.632. The molecule has 26 heavy (non-hydrogen) atoms. The molecule has 4 heterocycles. The van der Waals surface area contributed by atoms with Crippen LogP contribution in [0.5, 0.6) is 0 Å². The molecule has 4 rings (SSSR count). The smallest absolute Gasteiger partial charge is 0.227 e. The lowest BCUT2D eigenvalue weighted by Gasteiger charge is -2.31.